The van der Waals surface area contributed by atoms with Crippen molar-refractivity contribution in [1.29, 1.82) is 5.26 Å². The van der Waals surface area contributed by atoms with Crippen molar-refractivity contribution in [2.24, 2.45) is 16.6 Å². The molecule has 2 heterocycles. The van der Waals surface area contributed by atoms with Gasteiger partial charge >= 0.3 is 0 Å². The molecule has 0 bridgehead atoms. The van der Waals surface area contributed by atoms with E-state index < -0.39 is 5.41 Å². The number of hydrogen-bond acceptors (Lipinski definition) is 5. The maximum atomic E-state index is 13.1. The fraction of sp³-hybridized carbons (Fsp3) is 0.478. The molecule has 28 heavy (non-hydrogen) atoms. The summed E-state index contributed by atoms with van der Waals surface area (Å²) in [5.74, 6) is 0.979. The SMILES string of the molecule is CC1(C)CC(=O)C2=C(C1)OC(C#N)=C(N)C21CCN(Cc2ccccc2)CC1. The lowest BCUT2D eigenvalue weighted by molar-refractivity contribution is -0.120. The summed E-state index contributed by atoms with van der Waals surface area (Å²) in [6.45, 7) is 6.69. The normalized spacial score (nSPS) is 24.0. The number of nitriles is 1. The lowest BCUT2D eigenvalue weighted by atomic mass is 9.62. The van der Waals surface area contributed by atoms with Crippen molar-refractivity contribution in [2.45, 2.75) is 46.1 Å². The zero-order valence-corrected chi connectivity index (χ0v) is 16.6. The third-order valence-corrected chi connectivity index (χ3v) is 6.36. The van der Waals surface area contributed by atoms with E-state index in [0.717, 1.165) is 38.0 Å². The van der Waals surface area contributed by atoms with Gasteiger partial charge in [-0.3, -0.25) is 9.69 Å². The van der Waals surface area contributed by atoms with Gasteiger partial charge in [0.25, 0.3) is 0 Å². The molecule has 1 spiro atoms. The lowest BCUT2D eigenvalue weighted by Gasteiger charge is -2.48. The standard InChI is InChI=1S/C23H27N3O2/c1-22(2)12-17(27)20-18(13-22)28-19(14-24)21(25)23(20)8-10-26(11-9-23)15-16-6-4-3-5-7-16/h3-7H,8-13,15,25H2,1-2H3. The summed E-state index contributed by atoms with van der Waals surface area (Å²) in [5.41, 5.74) is 8.21. The molecule has 0 aromatic heterocycles. The number of allylic oxidation sites excluding steroid dienone is 3. The molecule has 1 saturated heterocycles. The van der Waals surface area contributed by atoms with E-state index in [-0.39, 0.29) is 17.0 Å². The Kier molecular flexibility index (Phi) is 4.55. The highest BCUT2D eigenvalue weighted by Gasteiger charge is 2.52. The smallest absolute Gasteiger partial charge is 0.223 e. The molecule has 1 aromatic carbocycles. The third-order valence-electron chi connectivity index (χ3n) is 6.36. The van der Waals surface area contributed by atoms with Crippen LogP contribution in [0.2, 0.25) is 0 Å². The number of nitrogens with two attached hydrogens (primary N) is 1. The molecule has 2 aliphatic heterocycles. The summed E-state index contributed by atoms with van der Waals surface area (Å²) in [6.07, 6.45) is 2.65. The van der Waals surface area contributed by atoms with E-state index in [9.17, 15) is 10.1 Å². The van der Waals surface area contributed by atoms with E-state index in [2.05, 4.69) is 49.1 Å². The number of carbonyl (C=O) groups excluding carboxylic acids is 1. The number of ketones is 1. The van der Waals surface area contributed by atoms with E-state index in [1.165, 1.54) is 5.56 Å². The first-order valence-corrected chi connectivity index (χ1v) is 9.96. The zero-order valence-electron chi connectivity index (χ0n) is 16.6. The van der Waals surface area contributed by atoms with Gasteiger partial charge in [-0.15, -0.1) is 0 Å². The second-order valence-corrected chi connectivity index (χ2v) is 9.04. The summed E-state index contributed by atoms with van der Waals surface area (Å²) in [4.78, 5) is 15.5. The Bertz CT molecular complexity index is 898. The predicted octanol–water partition coefficient (Wildman–Crippen LogP) is 3.64. The van der Waals surface area contributed by atoms with Crippen LogP contribution in [-0.2, 0) is 16.1 Å². The van der Waals surface area contributed by atoms with Crippen LogP contribution < -0.4 is 5.73 Å². The monoisotopic (exact) mass is 377 g/mol. The largest absolute Gasteiger partial charge is 0.448 e. The van der Waals surface area contributed by atoms with Crippen LogP contribution >= 0.6 is 0 Å². The molecule has 0 unspecified atom stereocenters. The summed E-state index contributed by atoms with van der Waals surface area (Å²) < 4.78 is 5.85. The summed E-state index contributed by atoms with van der Waals surface area (Å²) in [6, 6.07) is 12.5. The fourth-order valence-electron chi connectivity index (χ4n) is 4.95. The van der Waals surface area contributed by atoms with Gasteiger partial charge in [-0.05, 0) is 36.9 Å². The minimum absolute atomic E-state index is 0.127. The molecule has 5 nitrogen and oxygen atoms in total. The number of ether oxygens (including phenoxy) is 1. The molecule has 0 saturated carbocycles. The number of likely N-dealkylation sites (tertiary alicyclic amines) is 1. The molecule has 5 heteroatoms. The summed E-state index contributed by atoms with van der Waals surface area (Å²) in [5, 5.41) is 9.58. The number of Topliss-reactive ketones (excluding diaryl/α,β-unsaturated/α-hetero) is 1. The Labute approximate surface area is 166 Å². The molecule has 3 aliphatic rings. The number of nitrogens with zero attached hydrogens (tertiary/aromatic N) is 2. The van der Waals surface area contributed by atoms with Gasteiger partial charge in [-0.2, -0.15) is 5.26 Å². The van der Waals surface area contributed by atoms with Crippen LogP contribution in [0, 0.1) is 22.2 Å². The van der Waals surface area contributed by atoms with Crippen molar-refractivity contribution in [1.82, 2.24) is 4.90 Å². The maximum Gasteiger partial charge on any atom is 0.223 e. The number of benzene rings is 1. The van der Waals surface area contributed by atoms with Crippen LogP contribution in [0.5, 0.6) is 0 Å². The van der Waals surface area contributed by atoms with Crippen LogP contribution in [-0.4, -0.2) is 23.8 Å². The van der Waals surface area contributed by atoms with Crippen LogP contribution in [0.4, 0.5) is 0 Å². The molecule has 146 valence electrons. The van der Waals surface area contributed by atoms with E-state index in [1.54, 1.807) is 0 Å². The average molecular weight is 377 g/mol. The molecule has 0 amide bonds. The molecule has 1 aromatic rings. The molecule has 0 atom stereocenters. The van der Waals surface area contributed by atoms with Crippen molar-refractivity contribution >= 4 is 5.78 Å². The Morgan fingerprint density at radius 3 is 2.50 bits per heavy atom. The van der Waals surface area contributed by atoms with Crippen molar-refractivity contribution < 1.29 is 9.53 Å². The molecule has 1 fully saturated rings. The van der Waals surface area contributed by atoms with Gasteiger partial charge in [0.15, 0.2) is 5.78 Å². The highest BCUT2D eigenvalue weighted by Crippen LogP contribution is 2.54. The highest BCUT2D eigenvalue weighted by molar-refractivity contribution is 5.99. The van der Waals surface area contributed by atoms with Crippen molar-refractivity contribution in [3.63, 3.8) is 0 Å². The number of piperidine rings is 1. The van der Waals surface area contributed by atoms with E-state index in [4.69, 9.17) is 10.5 Å². The number of rotatable bonds is 2. The number of fused-ring (bicyclic) bond motifs is 1. The van der Waals surface area contributed by atoms with E-state index in [0.29, 0.717) is 24.3 Å². The Morgan fingerprint density at radius 1 is 1.18 bits per heavy atom. The van der Waals surface area contributed by atoms with Crippen LogP contribution in [0.1, 0.15) is 45.1 Å². The van der Waals surface area contributed by atoms with Gasteiger partial charge < -0.3 is 10.5 Å². The quantitative estimate of drug-likeness (QED) is 0.851. The molecular weight excluding hydrogens is 350 g/mol. The van der Waals surface area contributed by atoms with Gasteiger partial charge in [0.2, 0.25) is 5.76 Å². The summed E-state index contributed by atoms with van der Waals surface area (Å²) >= 11 is 0. The number of hydrogen-bond donors (Lipinski definition) is 1. The second kappa shape index (κ2) is 6.79. The Balaban J connectivity index is 1.64. The van der Waals surface area contributed by atoms with Crippen molar-refractivity contribution in [3.8, 4) is 6.07 Å². The molecule has 0 radical (unpaired) electrons. The molecule has 1 aliphatic carbocycles. The van der Waals surface area contributed by atoms with E-state index in [1.807, 2.05) is 6.07 Å². The van der Waals surface area contributed by atoms with Gasteiger partial charge in [-0.25, -0.2) is 0 Å². The van der Waals surface area contributed by atoms with Gasteiger partial charge in [0, 0.05) is 30.4 Å². The minimum atomic E-state index is -0.556. The van der Waals surface area contributed by atoms with Crippen molar-refractivity contribution in [2.75, 3.05) is 13.1 Å². The van der Waals surface area contributed by atoms with Crippen LogP contribution in [0.25, 0.3) is 0 Å². The van der Waals surface area contributed by atoms with Gasteiger partial charge in [0.05, 0.1) is 5.70 Å². The first kappa shape index (κ1) is 18.8. The minimum Gasteiger partial charge on any atom is -0.448 e. The Hall–Kier alpha value is -2.58. The number of carbonyl (C=O) groups is 1. The second-order valence-electron chi connectivity index (χ2n) is 9.04. The Morgan fingerprint density at radius 2 is 1.86 bits per heavy atom. The van der Waals surface area contributed by atoms with Crippen molar-refractivity contribution in [3.05, 3.63) is 58.7 Å². The summed E-state index contributed by atoms with van der Waals surface area (Å²) in [7, 11) is 0. The highest BCUT2D eigenvalue weighted by atomic mass is 16.5. The third kappa shape index (κ3) is 3.12. The maximum absolute atomic E-state index is 13.1. The predicted molar refractivity (Wildman–Crippen MR) is 106 cm³/mol. The topological polar surface area (TPSA) is 79.3 Å². The fourth-order valence-corrected chi connectivity index (χ4v) is 4.95. The average Bonchev–Trinajstić information content (AvgIpc) is 2.66. The first-order chi connectivity index (χ1) is 13.3. The van der Waals surface area contributed by atoms with Crippen LogP contribution in [0.3, 0.4) is 0 Å². The van der Waals surface area contributed by atoms with Crippen LogP contribution in [0.15, 0.2) is 53.1 Å². The van der Waals surface area contributed by atoms with Gasteiger partial charge in [0.1, 0.15) is 11.8 Å². The molecular formula is C23H27N3O2. The lowest BCUT2D eigenvalue weighted by Crippen LogP contribution is -2.49. The zero-order chi connectivity index (χ0) is 19.9. The van der Waals surface area contributed by atoms with Gasteiger partial charge in [-0.1, -0.05) is 44.2 Å². The molecule has 2 N–H and O–H groups in total. The molecule has 4 rings (SSSR count). The first-order valence-electron chi connectivity index (χ1n) is 9.96. The van der Waals surface area contributed by atoms with E-state index >= 15 is 0 Å².